The number of rotatable bonds is 7. The number of amides is 6. The zero-order valence-corrected chi connectivity index (χ0v) is 41.8. The average molecular weight is 1020 g/mol. The molecule has 0 unspecified atom stereocenters. The number of carbonyl (C=O) groups is 6. The summed E-state index contributed by atoms with van der Waals surface area (Å²) in [6.07, 6.45) is -0.782. The highest BCUT2D eigenvalue weighted by molar-refractivity contribution is 9.08. The number of nitrogens with zero attached hydrogens (tertiary/aromatic N) is 5. The lowest BCUT2D eigenvalue weighted by atomic mass is 10.1. The van der Waals surface area contributed by atoms with Gasteiger partial charge in [-0.3, -0.25) is 4.90 Å². The number of esters is 2. The van der Waals surface area contributed by atoms with Gasteiger partial charge in [0.25, 0.3) is 0 Å². The predicted octanol–water partition coefficient (Wildman–Crippen LogP) is 9.57. The molecule has 0 spiro atoms. The van der Waals surface area contributed by atoms with Crippen LogP contribution in [-0.4, -0.2) is 134 Å². The molecule has 0 aromatic heterocycles. The summed E-state index contributed by atoms with van der Waals surface area (Å²) in [4.78, 5) is 80.4. The minimum absolute atomic E-state index is 0.177. The smallest absolute Gasteiger partial charge is 0.410 e. The number of hydrogen-bond donors (Lipinski definition) is 1. The maximum Gasteiger partial charge on any atom is 0.410 e. The SMILES string of the molecule is CC(C)(C)OC(=O)N1CCN(C(=O)Nc2cccc(F)c2)CC1.COC(=O)c1ccc(CBr)cc1.COC(=O)c1ccc(CN(C(=O)N2CCN(C(=O)OC(C)(C)C)CC2)c2cccc(F)c2)cc1. The van der Waals surface area contributed by atoms with Crippen LogP contribution in [0.2, 0.25) is 0 Å². The molecular formula is C50H61BrF2N6O10. The van der Waals surface area contributed by atoms with Crippen LogP contribution in [0.25, 0.3) is 0 Å². The number of anilines is 2. The number of ether oxygens (including phenoxy) is 4. The van der Waals surface area contributed by atoms with Crippen molar-refractivity contribution in [1.29, 1.82) is 0 Å². The molecule has 0 saturated carbocycles. The fourth-order valence-corrected chi connectivity index (χ4v) is 6.95. The zero-order valence-electron chi connectivity index (χ0n) is 40.3. The van der Waals surface area contributed by atoms with Gasteiger partial charge in [-0.05, 0) is 113 Å². The fourth-order valence-electron chi connectivity index (χ4n) is 6.57. The molecule has 0 bridgehead atoms. The van der Waals surface area contributed by atoms with E-state index in [1.54, 1.807) is 95.0 Å². The van der Waals surface area contributed by atoms with Crippen molar-refractivity contribution in [3.63, 3.8) is 0 Å². The molecule has 0 radical (unpaired) electrons. The minimum Gasteiger partial charge on any atom is -0.465 e. The molecule has 2 saturated heterocycles. The van der Waals surface area contributed by atoms with Crippen LogP contribution in [0, 0.1) is 11.6 Å². The molecule has 2 aliphatic heterocycles. The standard InChI is InChI=1S/C25H30FN3O5.C16H22FN3O3.C9H9BrO2/c1-25(2,3)34-24(32)28-14-12-27(13-15-28)23(31)29(21-7-5-6-20(26)16-21)17-18-8-10-19(11-9-18)22(30)33-4;1-16(2,3)23-15(22)20-9-7-19(8-10-20)14(21)18-13-6-4-5-12(17)11-13;1-12-9(11)8-4-2-7(6-10)3-5-8/h5-11,16H,12-15,17H2,1-4H3;4-6,11H,7-10H2,1-3H3,(H,18,21);2-5H,6H2,1H3. The summed E-state index contributed by atoms with van der Waals surface area (Å²) in [5, 5.41) is 3.45. The van der Waals surface area contributed by atoms with Gasteiger partial charge in [-0.2, -0.15) is 0 Å². The third-order valence-electron chi connectivity index (χ3n) is 10.1. The van der Waals surface area contributed by atoms with Crippen LogP contribution in [-0.2, 0) is 30.8 Å². The summed E-state index contributed by atoms with van der Waals surface area (Å²) >= 11 is 3.32. The molecule has 2 fully saturated rings. The van der Waals surface area contributed by atoms with Gasteiger partial charge in [0.15, 0.2) is 0 Å². The van der Waals surface area contributed by atoms with Gasteiger partial charge < -0.3 is 43.9 Å². The molecule has 372 valence electrons. The van der Waals surface area contributed by atoms with Gasteiger partial charge >= 0.3 is 36.2 Å². The monoisotopic (exact) mass is 1020 g/mol. The van der Waals surface area contributed by atoms with Gasteiger partial charge in [-0.1, -0.05) is 52.3 Å². The third-order valence-corrected chi connectivity index (χ3v) is 10.7. The van der Waals surface area contributed by atoms with Crippen LogP contribution in [0.1, 0.15) is 73.4 Å². The van der Waals surface area contributed by atoms with Crippen LogP contribution in [0.15, 0.2) is 97.1 Å². The zero-order chi connectivity index (χ0) is 50.9. The van der Waals surface area contributed by atoms with E-state index in [4.69, 9.17) is 14.2 Å². The van der Waals surface area contributed by atoms with Crippen molar-refractivity contribution >= 4 is 63.5 Å². The maximum atomic E-state index is 14.0. The van der Waals surface area contributed by atoms with Gasteiger partial charge in [0.1, 0.15) is 22.8 Å². The van der Waals surface area contributed by atoms with Crippen molar-refractivity contribution in [2.75, 3.05) is 76.8 Å². The van der Waals surface area contributed by atoms with E-state index in [2.05, 4.69) is 26.0 Å². The van der Waals surface area contributed by atoms with Gasteiger partial charge in [0, 0.05) is 69.1 Å². The van der Waals surface area contributed by atoms with Crippen LogP contribution in [0.4, 0.5) is 39.3 Å². The second-order valence-electron chi connectivity index (χ2n) is 17.7. The Labute approximate surface area is 410 Å². The van der Waals surface area contributed by atoms with Crippen molar-refractivity contribution < 1.29 is 56.5 Å². The molecule has 2 aliphatic rings. The van der Waals surface area contributed by atoms with E-state index in [1.807, 2.05) is 32.9 Å². The lowest BCUT2D eigenvalue weighted by molar-refractivity contribution is 0.0165. The highest BCUT2D eigenvalue weighted by Gasteiger charge is 2.31. The van der Waals surface area contributed by atoms with Crippen molar-refractivity contribution in [3.05, 3.63) is 131 Å². The average Bonchev–Trinajstić information content (AvgIpc) is 3.32. The Hall–Kier alpha value is -6.76. The molecule has 2 heterocycles. The molecular weight excluding hydrogens is 962 g/mol. The Kier molecular flexibility index (Phi) is 20.3. The minimum atomic E-state index is -0.596. The molecule has 69 heavy (non-hydrogen) atoms. The third kappa shape index (κ3) is 18.0. The number of methoxy groups -OCH3 is 2. The quantitative estimate of drug-likeness (QED) is 0.107. The molecule has 4 aromatic rings. The van der Waals surface area contributed by atoms with E-state index in [-0.39, 0.29) is 30.7 Å². The molecule has 6 amide bonds. The van der Waals surface area contributed by atoms with E-state index in [9.17, 15) is 37.5 Å². The molecule has 6 rings (SSSR count). The van der Waals surface area contributed by atoms with Crippen molar-refractivity contribution in [2.45, 2.75) is 64.6 Å². The largest absolute Gasteiger partial charge is 0.465 e. The number of alkyl halides is 1. The second-order valence-corrected chi connectivity index (χ2v) is 18.3. The second kappa shape index (κ2) is 25.6. The summed E-state index contributed by atoms with van der Waals surface area (Å²) in [5.74, 6) is -1.60. The lowest BCUT2D eigenvalue weighted by Gasteiger charge is -2.38. The predicted molar refractivity (Wildman–Crippen MR) is 260 cm³/mol. The number of benzene rings is 4. The van der Waals surface area contributed by atoms with E-state index in [0.717, 1.165) is 16.5 Å². The van der Waals surface area contributed by atoms with Crippen LogP contribution < -0.4 is 10.2 Å². The first-order valence-corrected chi connectivity index (χ1v) is 23.2. The van der Waals surface area contributed by atoms with E-state index < -0.39 is 34.9 Å². The maximum absolute atomic E-state index is 14.0. The van der Waals surface area contributed by atoms with Crippen molar-refractivity contribution in [3.8, 4) is 0 Å². The van der Waals surface area contributed by atoms with Crippen molar-refractivity contribution in [2.24, 2.45) is 0 Å². The Morgan fingerprint density at radius 2 is 1.00 bits per heavy atom. The first-order valence-electron chi connectivity index (χ1n) is 22.1. The molecule has 0 aliphatic carbocycles. The molecule has 0 atom stereocenters. The van der Waals surface area contributed by atoms with Gasteiger partial charge in [-0.25, -0.2) is 37.5 Å². The fraction of sp³-hybridized carbons (Fsp3) is 0.400. The summed E-state index contributed by atoms with van der Waals surface area (Å²) in [6.45, 7) is 14.0. The van der Waals surface area contributed by atoms with E-state index in [0.29, 0.717) is 74.9 Å². The molecule has 16 nitrogen and oxygen atoms in total. The number of nitrogens with one attached hydrogen (secondary N) is 1. The Morgan fingerprint density at radius 1 is 0.580 bits per heavy atom. The number of halogens is 3. The normalized spacial score (nSPS) is 13.6. The Morgan fingerprint density at radius 3 is 1.42 bits per heavy atom. The van der Waals surface area contributed by atoms with Crippen LogP contribution in [0.5, 0.6) is 0 Å². The van der Waals surface area contributed by atoms with Gasteiger partial charge in [-0.15, -0.1) is 0 Å². The summed E-state index contributed by atoms with van der Waals surface area (Å²) in [5.41, 5.74) is 2.57. The van der Waals surface area contributed by atoms with E-state index >= 15 is 0 Å². The van der Waals surface area contributed by atoms with Gasteiger partial charge in [0.05, 0.1) is 31.9 Å². The van der Waals surface area contributed by atoms with Crippen molar-refractivity contribution in [1.82, 2.24) is 19.6 Å². The van der Waals surface area contributed by atoms with E-state index in [1.165, 1.54) is 49.5 Å². The van der Waals surface area contributed by atoms with Gasteiger partial charge in [0.2, 0.25) is 0 Å². The lowest BCUT2D eigenvalue weighted by Crippen LogP contribution is -2.54. The Bertz CT molecular complexity index is 2360. The highest BCUT2D eigenvalue weighted by Crippen LogP contribution is 2.23. The number of urea groups is 2. The summed E-state index contributed by atoms with van der Waals surface area (Å²) < 4.78 is 47.1. The topological polar surface area (TPSA) is 168 Å². The molecule has 19 heteroatoms. The van der Waals surface area contributed by atoms with Crippen LogP contribution >= 0.6 is 15.9 Å². The summed E-state index contributed by atoms with van der Waals surface area (Å²) in [7, 11) is 2.68. The number of carbonyl (C=O) groups excluding carboxylic acids is 6. The Balaban J connectivity index is 0.000000254. The number of piperazine rings is 2. The van der Waals surface area contributed by atoms with Crippen LogP contribution in [0.3, 0.4) is 0 Å². The highest BCUT2D eigenvalue weighted by atomic mass is 79.9. The first-order chi connectivity index (χ1) is 32.6. The first kappa shape index (κ1) is 54.8. The summed E-state index contributed by atoms with van der Waals surface area (Å²) in [6, 6.07) is 24.9. The number of hydrogen-bond acceptors (Lipinski definition) is 10. The molecule has 4 aromatic carbocycles. The molecule has 1 N–H and O–H groups in total.